The van der Waals surface area contributed by atoms with Gasteiger partial charge in [0.2, 0.25) is 0 Å². The molecule has 148 valence electrons. The van der Waals surface area contributed by atoms with Crippen molar-refractivity contribution in [3.63, 3.8) is 0 Å². The normalized spacial score (nSPS) is 10.7. The molecule has 0 aliphatic heterocycles. The maximum Gasteiger partial charge on any atom is 0.137 e. The van der Waals surface area contributed by atoms with Crippen LogP contribution in [0.1, 0.15) is 89.5 Å². The number of rotatable bonds is 16. The average Bonchev–Trinajstić information content (AvgIpc) is 2.65. The van der Waals surface area contributed by atoms with Crippen molar-refractivity contribution < 1.29 is 14.3 Å². The Labute approximate surface area is 160 Å². The lowest BCUT2D eigenvalue weighted by Gasteiger charge is -2.08. The van der Waals surface area contributed by atoms with E-state index in [2.05, 4.69) is 6.92 Å². The molecule has 1 aromatic carbocycles. The maximum atomic E-state index is 12.2. The Hall–Kier alpha value is -1.51. The zero-order valence-electron chi connectivity index (χ0n) is 17.1. The van der Waals surface area contributed by atoms with Crippen LogP contribution >= 0.6 is 0 Å². The lowest BCUT2D eigenvalue weighted by atomic mass is 10.0. The first-order valence-corrected chi connectivity index (χ1v) is 10.4. The fourth-order valence-corrected chi connectivity index (χ4v) is 3.27. The van der Waals surface area contributed by atoms with E-state index in [9.17, 15) is 4.79 Å². The van der Waals surface area contributed by atoms with E-state index in [1.54, 1.807) is 14.2 Å². The Bertz CT molecular complexity index is 474. The molecule has 0 aliphatic rings. The minimum absolute atomic E-state index is 0.302. The molecule has 0 spiro atoms. The Morgan fingerprint density at radius 3 is 1.65 bits per heavy atom. The fraction of sp³-hybridized carbons (Fsp3) is 0.696. The van der Waals surface area contributed by atoms with Crippen LogP contribution in [0.15, 0.2) is 18.2 Å². The first-order valence-electron chi connectivity index (χ1n) is 10.4. The van der Waals surface area contributed by atoms with Crippen molar-refractivity contribution in [1.29, 1.82) is 0 Å². The van der Waals surface area contributed by atoms with Crippen molar-refractivity contribution in [3.05, 3.63) is 23.8 Å². The van der Waals surface area contributed by atoms with E-state index >= 15 is 0 Å². The van der Waals surface area contributed by atoms with Gasteiger partial charge in [-0.25, -0.2) is 0 Å². The number of Topliss-reactive ketones (excluding diaryl/α,β-unsaturated/α-hetero) is 1. The molecule has 0 heterocycles. The number of ether oxygens (including phenoxy) is 2. The predicted octanol–water partition coefficient (Wildman–Crippen LogP) is 6.52. The number of methoxy groups -OCH3 is 2. The van der Waals surface area contributed by atoms with Gasteiger partial charge in [0.1, 0.15) is 17.3 Å². The SMILES string of the molecule is CCCCCCCCCCCCCC(=O)Cc1cc(OC)cc(OC)c1. The van der Waals surface area contributed by atoms with Crippen LogP contribution < -0.4 is 9.47 Å². The van der Waals surface area contributed by atoms with Crippen LogP contribution in [0.4, 0.5) is 0 Å². The topological polar surface area (TPSA) is 35.5 Å². The second-order valence-corrected chi connectivity index (χ2v) is 7.22. The van der Waals surface area contributed by atoms with Crippen LogP contribution in [0.3, 0.4) is 0 Å². The number of hydrogen-bond acceptors (Lipinski definition) is 3. The van der Waals surface area contributed by atoms with Gasteiger partial charge in [0.05, 0.1) is 14.2 Å². The van der Waals surface area contributed by atoms with Crippen LogP contribution in [0.25, 0.3) is 0 Å². The molecule has 0 saturated heterocycles. The van der Waals surface area contributed by atoms with Gasteiger partial charge < -0.3 is 9.47 Å². The minimum Gasteiger partial charge on any atom is -0.497 e. The monoisotopic (exact) mass is 362 g/mol. The molecule has 0 aromatic heterocycles. The van der Waals surface area contributed by atoms with Crippen LogP contribution in [-0.2, 0) is 11.2 Å². The molecule has 0 atom stereocenters. The summed E-state index contributed by atoms with van der Waals surface area (Å²) in [7, 11) is 3.26. The third-order valence-corrected chi connectivity index (χ3v) is 4.87. The summed E-state index contributed by atoms with van der Waals surface area (Å²) in [6.45, 7) is 2.26. The molecule has 1 aromatic rings. The van der Waals surface area contributed by atoms with Gasteiger partial charge in [-0.05, 0) is 24.1 Å². The quantitative estimate of drug-likeness (QED) is 0.314. The van der Waals surface area contributed by atoms with E-state index in [1.807, 2.05) is 18.2 Å². The molecule has 26 heavy (non-hydrogen) atoms. The second kappa shape index (κ2) is 14.6. The molecule has 0 aliphatic carbocycles. The highest BCUT2D eigenvalue weighted by molar-refractivity contribution is 5.81. The molecule has 0 amide bonds. The molecular formula is C23H38O3. The number of unbranched alkanes of at least 4 members (excludes halogenated alkanes) is 10. The van der Waals surface area contributed by atoms with Gasteiger partial charge in [-0.15, -0.1) is 0 Å². The lowest BCUT2D eigenvalue weighted by molar-refractivity contribution is -0.118. The van der Waals surface area contributed by atoms with E-state index < -0.39 is 0 Å². The van der Waals surface area contributed by atoms with Gasteiger partial charge in [-0.3, -0.25) is 4.79 Å². The number of benzene rings is 1. The van der Waals surface area contributed by atoms with Gasteiger partial charge in [-0.2, -0.15) is 0 Å². The summed E-state index contributed by atoms with van der Waals surface area (Å²) < 4.78 is 10.5. The first kappa shape index (κ1) is 22.5. The molecule has 0 bridgehead atoms. The van der Waals surface area contributed by atoms with Crippen molar-refractivity contribution in [2.75, 3.05) is 14.2 Å². The van der Waals surface area contributed by atoms with Crippen LogP contribution in [0, 0.1) is 0 Å². The average molecular weight is 363 g/mol. The smallest absolute Gasteiger partial charge is 0.137 e. The van der Waals surface area contributed by atoms with Crippen molar-refractivity contribution >= 4 is 5.78 Å². The molecule has 3 nitrogen and oxygen atoms in total. The van der Waals surface area contributed by atoms with Crippen molar-refractivity contribution in [1.82, 2.24) is 0 Å². The summed E-state index contributed by atoms with van der Waals surface area (Å²) in [5.41, 5.74) is 0.967. The molecule has 0 N–H and O–H groups in total. The Balaban J connectivity index is 2.08. The lowest BCUT2D eigenvalue weighted by Crippen LogP contribution is -2.03. The van der Waals surface area contributed by atoms with Gasteiger partial charge in [0, 0.05) is 18.9 Å². The standard InChI is InChI=1S/C23H38O3/c1-4-5-6-7-8-9-10-11-12-13-14-15-21(24)16-20-17-22(25-2)19-23(18-20)26-3/h17-19H,4-16H2,1-3H3. The van der Waals surface area contributed by atoms with E-state index in [-0.39, 0.29) is 0 Å². The third-order valence-electron chi connectivity index (χ3n) is 4.87. The third kappa shape index (κ3) is 10.5. The summed E-state index contributed by atoms with van der Waals surface area (Å²) in [6.07, 6.45) is 15.5. The highest BCUT2D eigenvalue weighted by Gasteiger charge is 2.07. The van der Waals surface area contributed by atoms with Crippen LogP contribution in [0.2, 0.25) is 0 Å². The van der Waals surface area contributed by atoms with Gasteiger partial charge in [-0.1, -0.05) is 71.1 Å². The summed E-state index contributed by atoms with van der Waals surface area (Å²) >= 11 is 0. The molecule has 1 rings (SSSR count). The zero-order chi connectivity index (χ0) is 19.0. The van der Waals surface area contributed by atoms with E-state index in [1.165, 1.54) is 64.2 Å². The molecule has 0 saturated carbocycles. The second-order valence-electron chi connectivity index (χ2n) is 7.22. The number of hydrogen-bond donors (Lipinski definition) is 0. The Morgan fingerprint density at radius 1 is 0.731 bits per heavy atom. The summed E-state index contributed by atoms with van der Waals surface area (Å²) in [5, 5.41) is 0. The van der Waals surface area contributed by atoms with Crippen molar-refractivity contribution in [2.24, 2.45) is 0 Å². The highest BCUT2D eigenvalue weighted by atomic mass is 16.5. The molecule has 3 heteroatoms. The van der Waals surface area contributed by atoms with Gasteiger partial charge in [0.15, 0.2) is 0 Å². The Kier molecular flexibility index (Phi) is 12.7. The minimum atomic E-state index is 0.302. The molecule has 0 fully saturated rings. The number of carbonyl (C=O) groups excluding carboxylic acids is 1. The van der Waals surface area contributed by atoms with Gasteiger partial charge >= 0.3 is 0 Å². The Morgan fingerprint density at radius 2 is 1.19 bits per heavy atom. The summed E-state index contributed by atoms with van der Waals surface area (Å²) in [5.74, 6) is 1.78. The first-order chi connectivity index (χ1) is 12.7. The van der Waals surface area contributed by atoms with E-state index in [0.29, 0.717) is 18.6 Å². The largest absolute Gasteiger partial charge is 0.497 e. The molecular weight excluding hydrogens is 324 g/mol. The van der Waals surface area contributed by atoms with Crippen molar-refractivity contribution in [2.45, 2.75) is 90.4 Å². The van der Waals surface area contributed by atoms with E-state index in [4.69, 9.17) is 9.47 Å². The number of carbonyl (C=O) groups is 1. The zero-order valence-corrected chi connectivity index (χ0v) is 17.1. The van der Waals surface area contributed by atoms with Crippen LogP contribution in [-0.4, -0.2) is 20.0 Å². The highest BCUT2D eigenvalue weighted by Crippen LogP contribution is 2.23. The summed E-state index contributed by atoms with van der Waals surface area (Å²) in [4.78, 5) is 12.2. The molecule has 0 unspecified atom stereocenters. The summed E-state index contributed by atoms with van der Waals surface area (Å²) in [6, 6.07) is 5.67. The maximum absolute atomic E-state index is 12.2. The fourth-order valence-electron chi connectivity index (χ4n) is 3.27. The molecule has 0 radical (unpaired) electrons. The predicted molar refractivity (Wildman–Crippen MR) is 109 cm³/mol. The van der Waals surface area contributed by atoms with Crippen molar-refractivity contribution in [3.8, 4) is 11.5 Å². The van der Waals surface area contributed by atoms with Crippen LogP contribution in [0.5, 0.6) is 11.5 Å². The number of ketones is 1. The van der Waals surface area contributed by atoms with E-state index in [0.717, 1.165) is 23.5 Å². The van der Waals surface area contributed by atoms with Gasteiger partial charge in [0.25, 0.3) is 0 Å².